The third-order valence-corrected chi connectivity index (χ3v) is 11.0. The minimum absolute atomic E-state index is 0.0359. The van der Waals surface area contributed by atoms with E-state index in [0.29, 0.717) is 31.4 Å². The average Bonchev–Trinajstić information content (AvgIpc) is 3.80. The number of amides is 3. The van der Waals surface area contributed by atoms with Gasteiger partial charge in [-0.05, 0) is 61.1 Å². The molecular weight excluding hydrogens is 646 g/mol. The normalized spacial score (nSPS) is 30.3. The number of anilines is 1. The fourth-order valence-corrected chi connectivity index (χ4v) is 8.25. The number of carbonyl (C=O) groups is 4. The van der Waals surface area contributed by atoms with Crippen LogP contribution in [0.25, 0.3) is 10.8 Å². The Labute approximate surface area is 298 Å². The number of cyclic esters (lactones) is 1. The van der Waals surface area contributed by atoms with Crippen molar-refractivity contribution in [1.82, 2.24) is 9.80 Å². The monoisotopic (exact) mass is 691 g/mol. The van der Waals surface area contributed by atoms with E-state index in [2.05, 4.69) is 0 Å². The van der Waals surface area contributed by atoms with E-state index in [-0.39, 0.29) is 43.8 Å². The van der Waals surface area contributed by atoms with Crippen LogP contribution in [0, 0.1) is 11.8 Å². The molecule has 7 atom stereocenters. The molecule has 2 fully saturated rings. The first-order valence-corrected chi connectivity index (χ1v) is 18.0. The molecule has 2 saturated heterocycles. The molecule has 0 unspecified atom stereocenters. The highest BCUT2D eigenvalue weighted by Gasteiger charge is 2.73. The topological polar surface area (TPSA) is 117 Å². The number of rotatable bonds is 7. The van der Waals surface area contributed by atoms with Crippen LogP contribution in [0.15, 0.2) is 97.1 Å². The number of ether oxygens (including phenoxy) is 2. The molecule has 4 aliphatic rings. The van der Waals surface area contributed by atoms with Crippen LogP contribution in [0.3, 0.4) is 0 Å². The maximum Gasteiger partial charge on any atom is 0.313 e. The molecule has 1 spiro atoms. The predicted molar refractivity (Wildman–Crippen MR) is 192 cm³/mol. The molecule has 0 saturated carbocycles. The quantitative estimate of drug-likeness (QED) is 0.211. The summed E-state index contributed by atoms with van der Waals surface area (Å²) in [6.45, 7) is 2.37. The van der Waals surface area contributed by atoms with E-state index in [9.17, 15) is 19.5 Å². The Hall–Kier alpha value is -4.80. The van der Waals surface area contributed by atoms with E-state index in [4.69, 9.17) is 9.47 Å². The van der Waals surface area contributed by atoms with E-state index >= 15 is 4.79 Å². The Kier molecular flexibility index (Phi) is 9.81. The van der Waals surface area contributed by atoms with Crippen molar-refractivity contribution in [3.63, 3.8) is 0 Å². The minimum atomic E-state index is -1.37. The predicted octanol–water partition coefficient (Wildman–Crippen LogP) is 4.97. The number of likely N-dealkylation sites (N-methyl/N-ethyl adjacent to an activating group) is 1. The van der Waals surface area contributed by atoms with Gasteiger partial charge in [0.25, 0.3) is 5.91 Å². The molecule has 4 aliphatic heterocycles. The molecule has 7 rings (SSSR count). The molecule has 51 heavy (non-hydrogen) atoms. The van der Waals surface area contributed by atoms with Gasteiger partial charge in [-0.25, -0.2) is 0 Å². The van der Waals surface area contributed by atoms with Crippen molar-refractivity contribution in [2.24, 2.45) is 11.8 Å². The number of esters is 1. The van der Waals surface area contributed by atoms with Gasteiger partial charge in [-0.3, -0.25) is 19.2 Å². The van der Waals surface area contributed by atoms with Crippen molar-refractivity contribution in [3.8, 4) is 0 Å². The van der Waals surface area contributed by atoms with E-state index in [1.807, 2.05) is 97.9 Å². The zero-order chi connectivity index (χ0) is 35.7. The van der Waals surface area contributed by atoms with Gasteiger partial charge in [-0.15, -0.1) is 0 Å². The highest BCUT2D eigenvalue weighted by atomic mass is 16.6. The maximum absolute atomic E-state index is 15.1. The number of aliphatic hydroxyl groups is 1. The molecule has 10 nitrogen and oxygen atoms in total. The molecular formula is C41H45N3O7. The Morgan fingerprint density at radius 2 is 1.65 bits per heavy atom. The van der Waals surface area contributed by atoms with Crippen LogP contribution in [0.2, 0.25) is 0 Å². The summed E-state index contributed by atoms with van der Waals surface area (Å²) >= 11 is 0. The number of likely N-dealkylation sites (tertiary alicyclic amines) is 1. The number of hydrogen-bond donors (Lipinski definition) is 1. The second kappa shape index (κ2) is 14.4. The first-order valence-electron chi connectivity index (χ1n) is 18.0. The molecule has 0 aliphatic carbocycles. The average molecular weight is 692 g/mol. The summed E-state index contributed by atoms with van der Waals surface area (Å²) in [5, 5.41) is 11.4. The number of hydrogen-bond acceptors (Lipinski definition) is 7. The van der Waals surface area contributed by atoms with Crippen LogP contribution >= 0.6 is 0 Å². The summed E-state index contributed by atoms with van der Waals surface area (Å²) < 4.78 is 13.0. The number of aliphatic hydroxyl groups excluding tert-OH is 1. The minimum Gasteiger partial charge on any atom is -0.455 e. The van der Waals surface area contributed by atoms with Crippen molar-refractivity contribution in [2.75, 3.05) is 31.6 Å². The molecule has 0 radical (unpaired) electrons. The second-order valence-electron chi connectivity index (χ2n) is 14.0. The van der Waals surface area contributed by atoms with Crippen LogP contribution in [0.5, 0.6) is 0 Å². The van der Waals surface area contributed by atoms with Crippen molar-refractivity contribution in [1.29, 1.82) is 0 Å². The first-order chi connectivity index (χ1) is 24.7. The summed E-state index contributed by atoms with van der Waals surface area (Å²) in [5.74, 6) is -3.29. The number of carbonyl (C=O) groups excluding carboxylic acids is 4. The Balaban J connectivity index is 1.32. The van der Waals surface area contributed by atoms with Crippen LogP contribution in [-0.4, -0.2) is 89.1 Å². The Morgan fingerprint density at radius 3 is 2.43 bits per heavy atom. The lowest BCUT2D eigenvalue weighted by Crippen LogP contribution is -2.56. The van der Waals surface area contributed by atoms with E-state index in [1.165, 1.54) is 0 Å². The smallest absolute Gasteiger partial charge is 0.313 e. The first kappa shape index (κ1) is 34.6. The number of allylic oxidation sites excluding steroid dienone is 1. The second-order valence-corrected chi connectivity index (χ2v) is 14.0. The molecule has 4 heterocycles. The number of fused-ring (bicyclic) bond motifs is 3. The molecule has 3 amide bonds. The Bertz CT molecular complexity index is 1860. The van der Waals surface area contributed by atoms with E-state index in [0.717, 1.165) is 16.3 Å². The SMILES string of the molecule is C[C@H]1[C@H](c2ccccc2)OC(=O)[C@@H]2[C@H]3C(=O)N(CCCCCO)[C@H](C(=O)N(c4ccc5ccccc5c4)C/C=C\CCC(=O)N1C)[C@]31C=C[C@H]2O1. The van der Waals surface area contributed by atoms with Gasteiger partial charge in [0.1, 0.15) is 23.7 Å². The van der Waals surface area contributed by atoms with Gasteiger partial charge in [-0.2, -0.15) is 0 Å². The number of unbranched alkanes of at least 4 members (excludes halogenated alkanes) is 2. The third kappa shape index (κ3) is 6.25. The number of nitrogens with zero attached hydrogens (tertiary/aromatic N) is 3. The fraction of sp³-hybridized carbons (Fsp3) is 0.415. The summed E-state index contributed by atoms with van der Waals surface area (Å²) in [5.41, 5.74) is 0.0245. The van der Waals surface area contributed by atoms with Crippen molar-refractivity contribution >= 4 is 40.2 Å². The van der Waals surface area contributed by atoms with Gasteiger partial charge in [0.15, 0.2) is 0 Å². The highest BCUT2D eigenvalue weighted by Crippen LogP contribution is 2.56. The lowest BCUT2D eigenvalue weighted by atomic mass is 9.74. The molecule has 266 valence electrons. The molecule has 3 aromatic rings. The lowest BCUT2D eigenvalue weighted by molar-refractivity contribution is -0.164. The van der Waals surface area contributed by atoms with Crippen molar-refractivity contribution in [3.05, 3.63) is 103 Å². The zero-order valence-corrected chi connectivity index (χ0v) is 29.1. The molecule has 5 bridgehead atoms. The zero-order valence-electron chi connectivity index (χ0n) is 29.1. The van der Waals surface area contributed by atoms with Gasteiger partial charge in [0.05, 0.1) is 18.1 Å². The Morgan fingerprint density at radius 1 is 0.882 bits per heavy atom. The van der Waals surface area contributed by atoms with Gasteiger partial charge in [0.2, 0.25) is 11.8 Å². The standard InChI is InChI=1S/C41H45N3O7/c1-27-36(29-15-6-3-7-16-29)50-40(49)34-32-21-22-41(51-32)35(34)38(47)44(24-12-5-13-25-45)37(41)39(48)43(23-11-4-8-18-33(46)42(27)2)31-20-19-28-14-9-10-17-30(28)26-31/h3-4,6-7,9-11,14-17,19-22,26-27,32,34-37,45H,5,8,12-13,18,23-25H2,1-2H3/b11-4-/t27-,32+,34-,35-,36+,37+,41-/m0/s1. The van der Waals surface area contributed by atoms with Gasteiger partial charge in [0, 0.05) is 38.9 Å². The largest absolute Gasteiger partial charge is 0.455 e. The fourth-order valence-electron chi connectivity index (χ4n) is 8.25. The van der Waals surface area contributed by atoms with Crippen LogP contribution in [0.4, 0.5) is 5.69 Å². The summed E-state index contributed by atoms with van der Waals surface area (Å²) in [6.07, 6.45) is 8.36. The van der Waals surface area contributed by atoms with Crippen molar-refractivity contribution in [2.45, 2.75) is 68.9 Å². The van der Waals surface area contributed by atoms with E-state index < -0.39 is 47.7 Å². The van der Waals surface area contributed by atoms with Crippen LogP contribution < -0.4 is 4.90 Å². The van der Waals surface area contributed by atoms with Gasteiger partial charge < -0.3 is 29.3 Å². The van der Waals surface area contributed by atoms with Gasteiger partial charge >= 0.3 is 5.97 Å². The summed E-state index contributed by atoms with van der Waals surface area (Å²) in [7, 11) is 1.72. The summed E-state index contributed by atoms with van der Waals surface area (Å²) in [4.78, 5) is 62.5. The molecule has 3 aromatic carbocycles. The van der Waals surface area contributed by atoms with Crippen LogP contribution in [0.1, 0.15) is 50.7 Å². The summed E-state index contributed by atoms with van der Waals surface area (Å²) in [6, 6.07) is 21.5. The molecule has 10 heteroatoms. The van der Waals surface area contributed by atoms with Crippen LogP contribution in [-0.2, 0) is 28.7 Å². The molecule has 1 N–H and O–H groups in total. The highest BCUT2D eigenvalue weighted by molar-refractivity contribution is 6.06. The van der Waals surface area contributed by atoms with Gasteiger partial charge in [-0.1, -0.05) is 85.0 Å². The maximum atomic E-state index is 15.1. The van der Waals surface area contributed by atoms with Crippen molar-refractivity contribution < 1.29 is 33.8 Å². The third-order valence-electron chi connectivity index (χ3n) is 11.0. The number of benzene rings is 3. The lowest BCUT2D eigenvalue weighted by Gasteiger charge is -2.36. The molecule has 0 aromatic heterocycles. The van der Waals surface area contributed by atoms with E-state index in [1.54, 1.807) is 27.8 Å².